The van der Waals surface area contributed by atoms with Crippen molar-refractivity contribution in [3.8, 4) is 5.75 Å². The fourth-order valence-electron chi connectivity index (χ4n) is 2.52. The molecule has 0 saturated heterocycles. The molecular formula is C15H21NO2. The van der Waals surface area contributed by atoms with Crippen molar-refractivity contribution in [1.82, 2.24) is 0 Å². The van der Waals surface area contributed by atoms with Crippen molar-refractivity contribution in [2.24, 2.45) is 5.92 Å². The molecule has 98 valence electrons. The normalized spacial score (nSPS) is 16.3. The van der Waals surface area contributed by atoms with E-state index in [0.29, 0.717) is 0 Å². The summed E-state index contributed by atoms with van der Waals surface area (Å²) in [4.78, 5) is 12.2. The first-order chi connectivity index (χ1) is 8.70. The summed E-state index contributed by atoms with van der Waals surface area (Å²) in [5.74, 6) is 1.03. The molecule has 1 aliphatic carbocycles. The molecule has 0 atom stereocenters. The molecule has 0 heterocycles. The molecule has 3 nitrogen and oxygen atoms in total. The van der Waals surface area contributed by atoms with Gasteiger partial charge in [-0.2, -0.15) is 0 Å². The summed E-state index contributed by atoms with van der Waals surface area (Å²) in [6.07, 6.45) is 5.63. The monoisotopic (exact) mass is 247 g/mol. The number of amides is 1. The van der Waals surface area contributed by atoms with Crippen molar-refractivity contribution in [2.75, 3.05) is 12.4 Å². The van der Waals surface area contributed by atoms with Gasteiger partial charge in [0.25, 0.3) is 0 Å². The average molecular weight is 247 g/mol. The highest BCUT2D eigenvalue weighted by Crippen LogP contribution is 2.29. The lowest BCUT2D eigenvalue weighted by Gasteiger charge is -2.21. The number of hydrogen-bond acceptors (Lipinski definition) is 2. The third-order valence-electron chi connectivity index (χ3n) is 3.59. The minimum Gasteiger partial charge on any atom is -0.495 e. The maximum atomic E-state index is 12.2. The number of benzene rings is 1. The number of hydrogen-bond donors (Lipinski definition) is 1. The number of anilines is 1. The van der Waals surface area contributed by atoms with Gasteiger partial charge < -0.3 is 10.1 Å². The smallest absolute Gasteiger partial charge is 0.227 e. The van der Waals surface area contributed by atoms with Crippen LogP contribution in [0.1, 0.15) is 37.7 Å². The molecule has 1 N–H and O–H groups in total. The summed E-state index contributed by atoms with van der Waals surface area (Å²) < 4.78 is 5.27. The van der Waals surface area contributed by atoms with Gasteiger partial charge in [-0.05, 0) is 37.5 Å². The Kier molecular flexibility index (Phi) is 4.24. The van der Waals surface area contributed by atoms with Crippen LogP contribution in [0.25, 0.3) is 0 Å². The fourth-order valence-corrected chi connectivity index (χ4v) is 2.52. The molecule has 1 saturated carbocycles. The second kappa shape index (κ2) is 5.89. The Labute approximate surface area is 109 Å². The van der Waals surface area contributed by atoms with E-state index in [1.165, 1.54) is 19.3 Å². The van der Waals surface area contributed by atoms with Gasteiger partial charge in [-0.3, -0.25) is 4.79 Å². The first-order valence-electron chi connectivity index (χ1n) is 6.66. The minimum atomic E-state index is 0.138. The molecule has 18 heavy (non-hydrogen) atoms. The molecule has 1 amide bonds. The highest BCUT2D eigenvalue weighted by molar-refractivity contribution is 5.94. The van der Waals surface area contributed by atoms with E-state index in [0.717, 1.165) is 29.8 Å². The number of aryl methyl sites for hydroxylation is 1. The van der Waals surface area contributed by atoms with Gasteiger partial charge in [0.1, 0.15) is 5.75 Å². The Bertz CT molecular complexity index is 423. The van der Waals surface area contributed by atoms with Crippen molar-refractivity contribution < 1.29 is 9.53 Å². The Hall–Kier alpha value is -1.51. The van der Waals surface area contributed by atoms with Crippen LogP contribution in [0.2, 0.25) is 0 Å². The van der Waals surface area contributed by atoms with Crippen molar-refractivity contribution in [3.63, 3.8) is 0 Å². The maximum absolute atomic E-state index is 12.2. The van der Waals surface area contributed by atoms with Crippen LogP contribution in [0.3, 0.4) is 0 Å². The Morgan fingerprint density at radius 1 is 1.28 bits per heavy atom. The number of carbonyl (C=O) groups is 1. The van der Waals surface area contributed by atoms with Crippen molar-refractivity contribution >= 4 is 11.6 Å². The molecule has 0 aromatic heterocycles. The highest BCUT2D eigenvalue weighted by Gasteiger charge is 2.21. The van der Waals surface area contributed by atoms with Crippen molar-refractivity contribution in [2.45, 2.75) is 39.0 Å². The fraction of sp³-hybridized carbons (Fsp3) is 0.533. The van der Waals surface area contributed by atoms with Crippen LogP contribution in [-0.4, -0.2) is 13.0 Å². The lowest BCUT2D eigenvalue weighted by molar-refractivity contribution is -0.120. The molecular weight excluding hydrogens is 226 g/mol. The summed E-state index contributed by atoms with van der Waals surface area (Å²) in [6, 6.07) is 5.83. The number of methoxy groups -OCH3 is 1. The number of carbonyl (C=O) groups excluding carboxylic acids is 1. The molecule has 3 heteroatoms. The largest absolute Gasteiger partial charge is 0.495 e. The zero-order valence-electron chi connectivity index (χ0n) is 11.2. The number of rotatable bonds is 3. The second-order valence-corrected chi connectivity index (χ2v) is 5.03. The van der Waals surface area contributed by atoms with E-state index in [9.17, 15) is 4.79 Å². The Morgan fingerprint density at radius 3 is 2.67 bits per heavy atom. The molecule has 0 aliphatic heterocycles. The molecule has 1 aromatic carbocycles. The van der Waals surface area contributed by atoms with E-state index in [2.05, 4.69) is 5.32 Å². The SMILES string of the molecule is COc1ccc(C)cc1NC(=O)C1CCCCC1. The van der Waals surface area contributed by atoms with Crippen LogP contribution in [0.15, 0.2) is 18.2 Å². The average Bonchev–Trinajstić information content (AvgIpc) is 2.40. The lowest BCUT2D eigenvalue weighted by Crippen LogP contribution is -2.24. The molecule has 0 radical (unpaired) electrons. The predicted molar refractivity (Wildman–Crippen MR) is 72.9 cm³/mol. The third-order valence-corrected chi connectivity index (χ3v) is 3.59. The number of nitrogens with one attached hydrogen (secondary N) is 1. The van der Waals surface area contributed by atoms with Crippen LogP contribution in [0.4, 0.5) is 5.69 Å². The minimum absolute atomic E-state index is 0.138. The van der Waals surface area contributed by atoms with Gasteiger partial charge in [0, 0.05) is 5.92 Å². The van der Waals surface area contributed by atoms with Crippen molar-refractivity contribution in [1.29, 1.82) is 0 Å². The molecule has 2 rings (SSSR count). The highest BCUT2D eigenvalue weighted by atomic mass is 16.5. The zero-order valence-corrected chi connectivity index (χ0v) is 11.2. The van der Waals surface area contributed by atoms with Crippen LogP contribution in [0, 0.1) is 12.8 Å². The Morgan fingerprint density at radius 2 is 2.00 bits per heavy atom. The second-order valence-electron chi connectivity index (χ2n) is 5.03. The standard InChI is InChI=1S/C15H21NO2/c1-11-8-9-14(18-2)13(10-11)16-15(17)12-6-4-3-5-7-12/h8-10,12H,3-7H2,1-2H3,(H,16,17). The summed E-state index contributed by atoms with van der Waals surface area (Å²) >= 11 is 0. The molecule has 1 aromatic rings. The predicted octanol–water partition coefficient (Wildman–Crippen LogP) is 3.52. The Balaban J connectivity index is 2.07. The lowest BCUT2D eigenvalue weighted by atomic mass is 9.88. The number of ether oxygens (including phenoxy) is 1. The van der Waals surface area contributed by atoms with E-state index >= 15 is 0 Å². The third kappa shape index (κ3) is 3.03. The first-order valence-corrected chi connectivity index (χ1v) is 6.66. The zero-order chi connectivity index (χ0) is 13.0. The molecule has 1 aliphatic rings. The van der Waals surface area contributed by atoms with Gasteiger partial charge in [-0.15, -0.1) is 0 Å². The van der Waals surface area contributed by atoms with Gasteiger partial charge in [0.15, 0.2) is 0 Å². The maximum Gasteiger partial charge on any atom is 0.227 e. The van der Waals surface area contributed by atoms with E-state index in [1.807, 2.05) is 25.1 Å². The van der Waals surface area contributed by atoms with Gasteiger partial charge >= 0.3 is 0 Å². The topological polar surface area (TPSA) is 38.3 Å². The van der Waals surface area contributed by atoms with E-state index in [1.54, 1.807) is 7.11 Å². The van der Waals surface area contributed by atoms with Crippen LogP contribution in [0.5, 0.6) is 5.75 Å². The summed E-state index contributed by atoms with van der Waals surface area (Å²) in [7, 11) is 1.63. The van der Waals surface area contributed by atoms with Gasteiger partial charge in [-0.1, -0.05) is 25.3 Å². The van der Waals surface area contributed by atoms with E-state index in [-0.39, 0.29) is 11.8 Å². The quantitative estimate of drug-likeness (QED) is 0.887. The molecule has 0 unspecified atom stereocenters. The van der Waals surface area contributed by atoms with Gasteiger partial charge in [0.05, 0.1) is 12.8 Å². The van der Waals surface area contributed by atoms with E-state index < -0.39 is 0 Å². The van der Waals surface area contributed by atoms with Gasteiger partial charge in [-0.25, -0.2) is 0 Å². The first kappa shape index (κ1) is 12.9. The van der Waals surface area contributed by atoms with Gasteiger partial charge in [0.2, 0.25) is 5.91 Å². The van der Waals surface area contributed by atoms with Crippen LogP contribution in [-0.2, 0) is 4.79 Å². The molecule has 0 spiro atoms. The molecule has 1 fully saturated rings. The van der Waals surface area contributed by atoms with E-state index in [4.69, 9.17) is 4.74 Å². The van der Waals surface area contributed by atoms with Crippen molar-refractivity contribution in [3.05, 3.63) is 23.8 Å². The summed E-state index contributed by atoms with van der Waals surface area (Å²) in [5, 5.41) is 3.01. The summed E-state index contributed by atoms with van der Waals surface area (Å²) in [5.41, 5.74) is 1.91. The van der Waals surface area contributed by atoms with Crippen LogP contribution < -0.4 is 10.1 Å². The molecule has 0 bridgehead atoms. The summed E-state index contributed by atoms with van der Waals surface area (Å²) in [6.45, 7) is 2.01. The van der Waals surface area contributed by atoms with Crippen LogP contribution >= 0.6 is 0 Å².